The molecule has 2 heterocycles. The van der Waals surface area contributed by atoms with Gasteiger partial charge in [-0.3, -0.25) is 9.69 Å². The molecule has 1 fully saturated rings. The third-order valence-electron chi connectivity index (χ3n) is 6.42. The van der Waals surface area contributed by atoms with E-state index in [0.29, 0.717) is 30.2 Å². The van der Waals surface area contributed by atoms with Crippen LogP contribution in [-0.2, 0) is 24.2 Å². The first kappa shape index (κ1) is 24.7. The average molecular weight is 471 g/mol. The summed E-state index contributed by atoms with van der Waals surface area (Å²) in [5, 5.41) is 8.96. The van der Waals surface area contributed by atoms with Crippen LogP contribution in [0.4, 0.5) is 0 Å². The first-order valence-corrected chi connectivity index (χ1v) is 12.5. The maximum Gasteiger partial charge on any atom is 0.223 e. The highest BCUT2D eigenvalue weighted by Gasteiger charge is 2.20. The summed E-state index contributed by atoms with van der Waals surface area (Å²) in [5.41, 5.74) is 4.21. The van der Waals surface area contributed by atoms with Gasteiger partial charge < -0.3 is 9.32 Å². The normalized spacial score (nSPS) is 14.6. The second kappa shape index (κ2) is 11.8. The Labute approximate surface area is 208 Å². The molecule has 1 amide bonds. The zero-order valence-corrected chi connectivity index (χ0v) is 20.7. The minimum Gasteiger partial charge on any atom is -0.441 e. The number of aryl methyl sites for hydroxylation is 1. The quantitative estimate of drug-likeness (QED) is 0.459. The molecule has 0 bridgehead atoms. The van der Waals surface area contributed by atoms with Crippen molar-refractivity contribution >= 4 is 5.91 Å². The number of nitriles is 1. The van der Waals surface area contributed by atoms with Crippen LogP contribution in [-0.4, -0.2) is 46.9 Å². The molecule has 3 aromatic rings. The standard InChI is InChI=1S/C29H34N4O2/c1-22(2)18-23-8-10-26(11-9-23)27-20-31-28(35-27)12-13-29(34)33-15-3-14-32(16-17-33)21-25-6-4-24(19-30)5-7-25/h4-11,20,22H,3,12-18,21H2,1-2H3. The Bertz CT molecular complexity index is 1140. The van der Waals surface area contributed by atoms with Crippen LogP contribution in [0.3, 0.4) is 0 Å². The van der Waals surface area contributed by atoms with Crippen LogP contribution in [0.2, 0.25) is 0 Å². The predicted molar refractivity (Wildman–Crippen MR) is 136 cm³/mol. The lowest BCUT2D eigenvalue weighted by Gasteiger charge is -2.22. The van der Waals surface area contributed by atoms with Gasteiger partial charge in [0.1, 0.15) is 0 Å². The van der Waals surface area contributed by atoms with Crippen molar-refractivity contribution in [3.63, 3.8) is 0 Å². The lowest BCUT2D eigenvalue weighted by atomic mass is 10.0. The Balaban J connectivity index is 1.25. The molecule has 1 saturated heterocycles. The first-order chi connectivity index (χ1) is 17.0. The van der Waals surface area contributed by atoms with Crippen LogP contribution in [0.1, 0.15) is 49.3 Å². The second-order valence-corrected chi connectivity index (χ2v) is 9.73. The van der Waals surface area contributed by atoms with E-state index in [2.05, 4.69) is 54.1 Å². The van der Waals surface area contributed by atoms with Crippen LogP contribution in [0.5, 0.6) is 0 Å². The molecule has 6 heteroatoms. The fourth-order valence-corrected chi connectivity index (χ4v) is 4.53. The molecule has 1 aromatic heterocycles. The van der Waals surface area contributed by atoms with E-state index in [9.17, 15) is 4.79 Å². The molecule has 0 N–H and O–H groups in total. The van der Waals surface area contributed by atoms with Gasteiger partial charge in [-0.25, -0.2) is 4.98 Å². The van der Waals surface area contributed by atoms with E-state index in [-0.39, 0.29) is 5.91 Å². The summed E-state index contributed by atoms with van der Waals surface area (Å²) < 4.78 is 5.94. The van der Waals surface area contributed by atoms with E-state index >= 15 is 0 Å². The zero-order chi connectivity index (χ0) is 24.6. The number of oxazole rings is 1. The minimum atomic E-state index is 0.156. The molecule has 6 nitrogen and oxygen atoms in total. The summed E-state index contributed by atoms with van der Waals surface area (Å²) in [6.07, 6.45) is 4.69. The number of rotatable bonds is 8. The maximum absolute atomic E-state index is 12.9. The number of amides is 1. The summed E-state index contributed by atoms with van der Waals surface area (Å²) >= 11 is 0. The van der Waals surface area contributed by atoms with Crippen molar-refractivity contribution in [1.82, 2.24) is 14.8 Å². The molecule has 1 aliphatic rings. The first-order valence-electron chi connectivity index (χ1n) is 12.5. The molecule has 0 aliphatic carbocycles. The lowest BCUT2D eigenvalue weighted by Crippen LogP contribution is -2.35. The molecule has 0 atom stereocenters. The van der Waals surface area contributed by atoms with Crippen LogP contribution >= 0.6 is 0 Å². The Kier molecular flexibility index (Phi) is 8.33. The lowest BCUT2D eigenvalue weighted by molar-refractivity contribution is -0.131. The van der Waals surface area contributed by atoms with Crippen LogP contribution in [0.15, 0.2) is 59.1 Å². The number of carbonyl (C=O) groups is 1. The number of hydrogen-bond donors (Lipinski definition) is 0. The Morgan fingerprint density at radius 2 is 1.77 bits per heavy atom. The molecule has 2 aromatic carbocycles. The maximum atomic E-state index is 12.9. The highest BCUT2D eigenvalue weighted by atomic mass is 16.4. The van der Waals surface area contributed by atoms with Gasteiger partial charge in [0.05, 0.1) is 17.8 Å². The predicted octanol–water partition coefficient (Wildman–Crippen LogP) is 5.08. The molecule has 0 spiro atoms. The third kappa shape index (κ3) is 7.03. The molecular formula is C29H34N4O2. The second-order valence-electron chi connectivity index (χ2n) is 9.73. The smallest absolute Gasteiger partial charge is 0.223 e. The van der Waals surface area contributed by atoms with Gasteiger partial charge in [0.15, 0.2) is 11.7 Å². The van der Waals surface area contributed by atoms with Crippen molar-refractivity contribution in [3.05, 3.63) is 77.3 Å². The van der Waals surface area contributed by atoms with Crippen molar-refractivity contribution in [2.24, 2.45) is 5.92 Å². The topological polar surface area (TPSA) is 73.4 Å². The largest absolute Gasteiger partial charge is 0.441 e. The summed E-state index contributed by atoms with van der Waals surface area (Å²) in [4.78, 5) is 21.6. The number of carbonyl (C=O) groups excluding carboxylic acids is 1. The molecule has 0 unspecified atom stereocenters. The molecule has 0 saturated carbocycles. The third-order valence-corrected chi connectivity index (χ3v) is 6.42. The van der Waals surface area contributed by atoms with Gasteiger partial charge in [0, 0.05) is 51.1 Å². The summed E-state index contributed by atoms with van der Waals surface area (Å²) in [6, 6.07) is 18.3. The monoisotopic (exact) mass is 470 g/mol. The Hall–Kier alpha value is -3.43. The van der Waals surface area contributed by atoms with Gasteiger partial charge in [0.25, 0.3) is 0 Å². The average Bonchev–Trinajstić information content (AvgIpc) is 3.21. The van der Waals surface area contributed by atoms with E-state index in [1.165, 1.54) is 11.1 Å². The van der Waals surface area contributed by atoms with E-state index < -0.39 is 0 Å². The summed E-state index contributed by atoms with van der Waals surface area (Å²) in [6.45, 7) is 8.60. The van der Waals surface area contributed by atoms with Crippen molar-refractivity contribution < 1.29 is 9.21 Å². The van der Waals surface area contributed by atoms with Gasteiger partial charge in [-0.1, -0.05) is 50.2 Å². The van der Waals surface area contributed by atoms with Crippen LogP contribution < -0.4 is 0 Å². The molecule has 0 radical (unpaired) electrons. The molecule has 35 heavy (non-hydrogen) atoms. The van der Waals surface area contributed by atoms with E-state index in [1.807, 2.05) is 29.2 Å². The number of aromatic nitrogens is 1. The van der Waals surface area contributed by atoms with Gasteiger partial charge in [0.2, 0.25) is 5.91 Å². The Morgan fingerprint density at radius 1 is 1.03 bits per heavy atom. The van der Waals surface area contributed by atoms with Gasteiger partial charge >= 0.3 is 0 Å². The van der Waals surface area contributed by atoms with Gasteiger partial charge in [-0.15, -0.1) is 0 Å². The van der Waals surface area contributed by atoms with E-state index in [1.54, 1.807) is 6.20 Å². The highest BCUT2D eigenvalue weighted by molar-refractivity contribution is 5.76. The van der Waals surface area contributed by atoms with Crippen molar-refractivity contribution in [3.8, 4) is 17.4 Å². The summed E-state index contributed by atoms with van der Waals surface area (Å²) in [7, 11) is 0. The van der Waals surface area contributed by atoms with Gasteiger partial charge in [-0.2, -0.15) is 5.26 Å². The SMILES string of the molecule is CC(C)Cc1ccc(-c2cnc(CCC(=O)N3CCCN(Cc4ccc(C#N)cc4)CC3)o2)cc1. The van der Waals surface area contributed by atoms with Crippen molar-refractivity contribution in [1.29, 1.82) is 5.26 Å². The molecule has 4 rings (SSSR count). The number of hydrogen-bond acceptors (Lipinski definition) is 5. The molecular weight excluding hydrogens is 436 g/mol. The fourth-order valence-electron chi connectivity index (χ4n) is 4.53. The highest BCUT2D eigenvalue weighted by Crippen LogP contribution is 2.22. The van der Waals surface area contributed by atoms with E-state index in [4.69, 9.17) is 9.68 Å². The fraction of sp³-hybridized carbons (Fsp3) is 0.414. The van der Waals surface area contributed by atoms with Crippen molar-refractivity contribution in [2.75, 3.05) is 26.2 Å². The van der Waals surface area contributed by atoms with Crippen LogP contribution in [0.25, 0.3) is 11.3 Å². The van der Waals surface area contributed by atoms with Gasteiger partial charge in [-0.05, 0) is 42.0 Å². The van der Waals surface area contributed by atoms with Crippen molar-refractivity contribution in [2.45, 2.75) is 46.1 Å². The van der Waals surface area contributed by atoms with Crippen LogP contribution in [0, 0.1) is 17.2 Å². The number of nitrogens with zero attached hydrogens (tertiary/aromatic N) is 4. The molecule has 1 aliphatic heterocycles. The Morgan fingerprint density at radius 3 is 2.49 bits per heavy atom. The summed E-state index contributed by atoms with van der Waals surface area (Å²) in [5.74, 6) is 2.14. The molecule has 182 valence electrons. The minimum absolute atomic E-state index is 0.156. The zero-order valence-electron chi connectivity index (χ0n) is 20.7. The van der Waals surface area contributed by atoms with E-state index in [0.717, 1.165) is 56.9 Å². The number of benzene rings is 2.